The minimum atomic E-state index is -0.840. The fraction of sp³-hybridized carbons (Fsp3) is 0.286. The van der Waals surface area contributed by atoms with Crippen LogP contribution in [0.3, 0.4) is 0 Å². The van der Waals surface area contributed by atoms with Gasteiger partial charge in [-0.3, -0.25) is 4.79 Å². The highest BCUT2D eigenvalue weighted by Gasteiger charge is 2.09. The molecule has 1 heterocycles. The number of ether oxygens (including phenoxy) is 1. The standard InChI is InChI=1S/C14H17N3O3/c1-20-12-5-2-10(3-6-12)9-17-14(15)11(8-16-17)4-7-13(18)19/h2-3,5-6,8H,4,7,9,15H2,1H3,(H,18,19). The lowest BCUT2D eigenvalue weighted by Crippen LogP contribution is -2.07. The third-order valence-electron chi connectivity index (χ3n) is 3.06. The van der Waals surface area contributed by atoms with E-state index in [9.17, 15) is 4.79 Å². The van der Waals surface area contributed by atoms with E-state index in [0.717, 1.165) is 16.9 Å². The number of aryl methyl sites for hydroxylation is 1. The van der Waals surface area contributed by atoms with E-state index in [1.54, 1.807) is 18.0 Å². The molecule has 0 atom stereocenters. The van der Waals surface area contributed by atoms with Crippen molar-refractivity contribution in [3.8, 4) is 5.75 Å². The molecule has 3 N–H and O–H groups in total. The Balaban J connectivity index is 2.07. The number of nitrogens with two attached hydrogens (primary N) is 1. The third-order valence-corrected chi connectivity index (χ3v) is 3.06. The topological polar surface area (TPSA) is 90.4 Å². The molecular formula is C14H17N3O3. The zero-order chi connectivity index (χ0) is 14.5. The van der Waals surface area contributed by atoms with Crippen LogP contribution < -0.4 is 10.5 Å². The second kappa shape index (κ2) is 6.10. The van der Waals surface area contributed by atoms with Crippen LogP contribution in [0.2, 0.25) is 0 Å². The molecule has 0 saturated carbocycles. The number of carboxylic acids is 1. The highest BCUT2D eigenvalue weighted by molar-refractivity contribution is 5.67. The number of aliphatic carboxylic acids is 1. The summed E-state index contributed by atoms with van der Waals surface area (Å²) in [6, 6.07) is 7.63. The van der Waals surface area contributed by atoms with Crippen LogP contribution in [-0.4, -0.2) is 28.0 Å². The first-order chi connectivity index (χ1) is 9.60. The molecule has 0 aliphatic rings. The number of aromatic nitrogens is 2. The molecule has 6 nitrogen and oxygen atoms in total. The van der Waals surface area contributed by atoms with Gasteiger partial charge < -0.3 is 15.6 Å². The second-order valence-corrected chi connectivity index (χ2v) is 4.45. The first kappa shape index (κ1) is 13.9. The van der Waals surface area contributed by atoms with Gasteiger partial charge in [0.1, 0.15) is 11.6 Å². The van der Waals surface area contributed by atoms with Gasteiger partial charge in [-0.05, 0) is 24.1 Å². The summed E-state index contributed by atoms with van der Waals surface area (Å²) in [7, 11) is 1.62. The average molecular weight is 275 g/mol. The van der Waals surface area contributed by atoms with Gasteiger partial charge in [-0.15, -0.1) is 0 Å². The van der Waals surface area contributed by atoms with E-state index < -0.39 is 5.97 Å². The number of hydrogen-bond acceptors (Lipinski definition) is 4. The third kappa shape index (κ3) is 3.28. The molecular weight excluding hydrogens is 258 g/mol. The Morgan fingerprint density at radius 1 is 1.40 bits per heavy atom. The van der Waals surface area contributed by atoms with Crippen LogP contribution in [0, 0.1) is 0 Å². The Bertz CT molecular complexity index is 590. The SMILES string of the molecule is COc1ccc(Cn2ncc(CCC(=O)O)c2N)cc1. The lowest BCUT2D eigenvalue weighted by atomic mass is 10.2. The van der Waals surface area contributed by atoms with Crippen molar-refractivity contribution in [2.24, 2.45) is 0 Å². The maximum Gasteiger partial charge on any atom is 0.303 e. The van der Waals surface area contributed by atoms with Crippen molar-refractivity contribution in [1.82, 2.24) is 9.78 Å². The zero-order valence-electron chi connectivity index (χ0n) is 11.2. The molecule has 1 aromatic heterocycles. The maximum absolute atomic E-state index is 10.6. The van der Waals surface area contributed by atoms with Crippen molar-refractivity contribution in [3.05, 3.63) is 41.6 Å². The number of benzene rings is 1. The molecule has 0 fully saturated rings. The molecule has 1 aromatic carbocycles. The lowest BCUT2D eigenvalue weighted by Gasteiger charge is -2.06. The monoisotopic (exact) mass is 275 g/mol. The first-order valence-electron chi connectivity index (χ1n) is 6.25. The summed E-state index contributed by atoms with van der Waals surface area (Å²) < 4.78 is 6.76. The fourth-order valence-electron chi connectivity index (χ4n) is 1.90. The summed E-state index contributed by atoms with van der Waals surface area (Å²) in [4.78, 5) is 10.6. The van der Waals surface area contributed by atoms with Crippen LogP contribution in [-0.2, 0) is 17.8 Å². The molecule has 0 saturated heterocycles. The lowest BCUT2D eigenvalue weighted by molar-refractivity contribution is -0.136. The first-order valence-corrected chi connectivity index (χ1v) is 6.25. The predicted octanol–water partition coefficient (Wildman–Crippen LogP) is 1.54. The van der Waals surface area contributed by atoms with Gasteiger partial charge in [0, 0.05) is 12.0 Å². The number of anilines is 1. The van der Waals surface area contributed by atoms with E-state index in [-0.39, 0.29) is 6.42 Å². The predicted molar refractivity (Wildman–Crippen MR) is 74.7 cm³/mol. The molecule has 6 heteroatoms. The van der Waals surface area contributed by atoms with Crippen LogP contribution in [0.25, 0.3) is 0 Å². The molecule has 0 unspecified atom stereocenters. The van der Waals surface area contributed by atoms with E-state index in [1.807, 2.05) is 24.3 Å². The van der Waals surface area contributed by atoms with Gasteiger partial charge in [0.25, 0.3) is 0 Å². The molecule has 0 aliphatic heterocycles. The summed E-state index contributed by atoms with van der Waals surface area (Å²) in [5.74, 6) is 0.471. The minimum Gasteiger partial charge on any atom is -0.497 e. The smallest absolute Gasteiger partial charge is 0.303 e. The molecule has 20 heavy (non-hydrogen) atoms. The van der Waals surface area contributed by atoms with Gasteiger partial charge in [0.15, 0.2) is 0 Å². The normalized spacial score (nSPS) is 10.4. The molecule has 106 valence electrons. The van der Waals surface area contributed by atoms with Crippen molar-refractivity contribution >= 4 is 11.8 Å². The molecule has 0 bridgehead atoms. The van der Waals surface area contributed by atoms with E-state index in [1.165, 1.54) is 0 Å². The Labute approximate surface area is 116 Å². The fourth-order valence-corrected chi connectivity index (χ4v) is 1.90. The number of hydrogen-bond donors (Lipinski definition) is 2. The van der Waals surface area contributed by atoms with E-state index >= 15 is 0 Å². The van der Waals surface area contributed by atoms with Gasteiger partial charge in [0.05, 0.1) is 19.9 Å². The maximum atomic E-state index is 10.6. The van der Waals surface area contributed by atoms with Crippen molar-refractivity contribution in [3.63, 3.8) is 0 Å². The van der Waals surface area contributed by atoms with Gasteiger partial charge in [-0.2, -0.15) is 5.10 Å². The summed E-state index contributed by atoms with van der Waals surface area (Å²) in [6.07, 6.45) is 2.07. The number of rotatable bonds is 6. The summed E-state index contributed by atoms with van der Waals surface area (Å²) in [6.45, 7) is 0.545. The van der Waals surface area contributed by atoms with Crippen molar-refractivity contribution in [2.75, 3.05) is 12.8 Å². The number of carbonyl (C=O) groups is 1. The number of methoxy groups -OCH3 is 1. The van der Waals surface area contributed by atoms with Crippen LogP contribution in [0.4, 0.5) is 5.82 Å². The zero-order valence-corrected chi connectivity index (χ0v) is 11.2. The molecule has 2 aromatic rings. The van der Waals surface area contributed by atoms with Crippen molar-refractivity contribution < 1.29 is 14.6 Å². The van der Waals surface area contributed by atoms with E-state index in [4.69, 9.17) is 15.6 Å². The minimum absolute atomic E-state index is 0.0540. The number of nitrogen functional groups attached to an aromatic ring is 1. The molecule has 0 radical (unpaired) electrons. The Kier molecular flexibility index (Phi) is 4.24. The van der Waals surface area contributed by atoms with Gasteiger partial charge in [-0.1, -0.05) is 12.1 Å². The molecule has 0 spiro atoms. The van der Waals surface area contributed by atoms with Gasteiger partial charge >= 0.3 is 5.97 Å². The number of carboxylic acid groups (broad SMARTS) is 1. The van der Waals surface area contributed by atoms with Crippen LogP contribution in [0.15, 0.2) is 30.5 Å². The highest BCUT2D eigenvalue weighted by Crippen LogP contribution is 2.17. The van der Waals surface area contributed by atoms with Crippen LogP contribution in [0.5, 0.6) is 5.75 Å². The quantitative estimate of drug-likeness (QED) is 0.834. The number of nitrogens with zero attached hydrogens (tertiary/aromatic N) is 2. The van der Waals surface area contributed by atoms with Crippen molar-refractivity contribution in [2.45, 2.75) is 19.4 Å². The molecule has 2 rings (SSSR count). The molecule has 0 aliphatic carbocycles. The second-order valence-electron chi connectivity index (χ2n) is 4.45. The van der Waals surface area contributed by atoms with Gasteiger partial charge in [0.2, 0.25) is 0 Å². The van der Waals surface area contributed by atoms with Crippen molar-refractivity contribution in [1.29, 1.82) is 0 Å². The highest BCUT2D eigenvalue weighted by atomic mass is 16.5. The van der Waals surface area contributed by atoms with Gasteiger partial charge in [-0.25, -0.2) is 4.68 Å². The largest absolute Gasteiger partial charge is 0.497 e. The summed E-state index contributed by atoms with van der Waals surface area (Å²) in [5, 5.41) is 12.9. The summed E-state index contributed by atoms with van der Waals surface area (Å²) in [5.41, 5.74) is 7.79. The Morgan fingerprint density at radius 2 is 2.10 bits per heavy atom. The Morgan fingerprint density at radius 3 is 2.70 bits per heavy atom. The molecule has 0 amide bonds. The van der Waals surface area contributed by atoms with Crippen LogP contribution >= 0.6 is 0 Å². The summed E-state index contributed by atoms with van der Waals surface area (Å²) >= 11 is 0. The average Bonchev–Trinajstić information content (AvgIpc) is 2.78. The van der Waals surface area contributed by atoms with E-state index in [2.05, 4.69) is 5.10 Å². The Hall–Kier alpha value is -2.50. The van der Waals surface area contributed by atoms with Crippen LogP contribution in [0.1, 0.15) is 17.5 Å². The van der Waals surface area contributed by atoms with E-state index in [0.29, 0.717) is 18.8 Å².